The third-order valence-electron chi connectivity index (χ3n) is 5.31. The molecule has 1 aliphatic heterocycles. The minimum atomic E-state index is -0.162. The molecule has 2 aromatic carbocycles. The van der Waals surface area contributed by atoms with E-state index < -0.39 is 0 Å². The number of piperazine rings is 1. The van der Waals surface area contributed by atoms with E-state index in [0.717, 1.165) is 51.0 Å². The molecule has 4 rings (SSSR count). The molecule has 2 heterocycles. The summed E-state index contributed by atoms with van der Waals surface area (Å²) in [5.41, 5.74) is 1.91. The SMILES string of the molecule is CCN(Cc1ccccc1)c1nccc(N2CCN(c3ccccc3F)CC2)n1. The van der Waals surface area contributed by atoms with Crippen molar-refractivity contribution in [1.82, 2.24) is 9.97 Å². The van der Waals surface area contributed by atoms with Crippen LogP contribution < -0.4 is 14.7 Å². The van der Waals surface area contributed by atoms with Crippen molar-refractivity contribution in [2.45, 2.75) is 13.5 Å². The van der Waals surface area contributed by atoms with Crippen LogP contribution in [0.2, 0.25) is 0 Å². The molecule has 29 heavy (non-hydrogen) atoms. The standard InChI is InChI=1S/C23H26FN5/c1-2-27(18-19-8-4-3-5-9-19)23-25-13-12-22(26-23)29-16-14-28(15-17-29)21-11-7-6-10-20(21)24/h3-13H,2,14-18H2,1H3. The normalized spacial score (nSPS) is 14.1. The molecule has 0 spiro atoms. The van der Waals surface area contributed by atoms with Gasteiger partial charge in [0.25, 0.3) is 0 Å². The predicted molar refractivity (Wildman–Crippen MR) is 116 cm³/mol. The molecule has 3 aromatic rings. The maximum absolute atomic E-state index is 14.1. The molecule has 1 fully saturated rings. The molecular weight excluding hydrogens is 365 g/mol. The van der Waals surface area contributed by atoms with Gasteiger partial charge in [-0.3, -0.25) is 0 Å². The third-order valence-corrected chi connectivity index (χ3v) is 5.31. The Morgan fingerprint density at radius 1 is 0.897 bits per heavy atom. The number of nitrogens with zero attached hydrogens (tertiary/aromatic N) is 5. The topological polar surface area (TPSA) is 35.5 Å². The van der Waals surface area contributed by atoms with Gasteiger partial charge in [-0.25, -0.2) is 9.37 Å². The monoisotopic (exact) mass is 391 g/mol. The third kappa shape index (κ3) is 4.47. The van der Waals surface area contributed by atoms with Crippen LogP contribution in [0.3, 0.4) is 0 Å². The van der Waals surface area contributed by atoms with E-state index in [-0.39, 0.29) is 5.82 Å². The number of hydrogen-bond acceptors (Lipinski definition) is 5. The fourth-order valence-electron chi connectivity index (χ4n) is 3.68. The zero-order valence-electron chi connectivity index (χ0n) is 16.7. The van der Waals surface area contributed by atoms with Crippen molar-refractivity contribution < 1.29 is 4.39 Å². The molecule has 0 amide bonds. The highest BCUT2D eigenvalue weighted by Crippen LogP contribution is 2.23. The number of rotatable bonds is 6. The van der Waals surface area contributed by atoms with E-state index >= 15 is 0 Å². The second-order valence-electron chi connectivity index (χ2n) is 7.14. The molecule has 0 radical (unpaired) electrons. The van der Waals surface area contributed by atoms with Crippen molar-refractivity contribution in [2.75, 3.05) is 47.4 Å². The summed E-state index contributed by atoms with van der Waals surface area (Å²) in [4.78, 5) is 15.9. The van der Waals surface area contributed by atoms with Crippen LogP contribution in [0.1, 0.15) is 12.5 Å². The molecule has 0 aliphatic carbocycles. The van der Waals surface area contributed by atoms with E-state index in [1.807, 2.05) is 30.5 Å². The summed E-state index contributed by atoms with van der Waals surface area (Å²) < 4.78 is 14.1. The zero-order valence-corrected chi connectivity index (χ0v) is 16.7. The lowest BCUT2D eigenvalue weighted by molar-refractivity contribution is 0.596. The van der Waals surface area contributed by atoms with Crippen LogP contribution >= 0.6 is 0 Å². The van der Waals surface area contributed by atoms with E-state index in [2.05, 4.69) is 50.9 Å². The van der Waals surface area contributed by atoms with E-state index in [1.165, 1.54) is 11.6 Å². The average Bonchev–Trinajstić information content (AvgIpc) is 2.79. The first-order valence-corrected chi connectivity index (χ1v) is 10.1. The summed E-state index contributed by atoms with van der Waals surface area (Å²) >= 11 is 0. The highest BCUT2D eigenvalue weighted by molar-refractivity contribution is 5.51. The van der Waals surface area contributed by atoms with Gasteiger partial charge < -0.3 is 14.7 Å². The van der Waals surface area contributed by atoms with Crippen LogP contribution in [0.15, 0.2) is 66.9 Å². The quantitative estimate of drug-likeness (QED) is 0.635. The van der Waals surface area contributed by atoms with Crippen molar-refractivity contribution in [2.24, 2.45) is 0 Å². The van der Waals surface area contributed by atoms with E-state index in [4.69, 9.17) is 4.98 Å². The lowest BCUT2D eigenvalue weighted by Crippen LogP contribution is -2.47. The molecule has 1 aromatic heterocycles. The Balaban J connectivity index is 1.44. The average molecular weight is 391 g/mol. The number of aromatic nitrogens is 2. The van der Waals surface area contributed by atoms with Crippen molar-refractivity contribution in [1.29, 1.82) is 0 Å². The van der Waals surface area contributed by atoms with E-state index in [9.17, 15) is 4.39 Å². The molecule has 0 atom stereocenters. The minimum absolute atomic E-state index is 0.162. The lowest BCUT2D eigenvalue weighted by atomic mass is 10.2. The van der Waals surface area contributed by atoms with Gasteiger partial charge in [-0.05, 0) is 30.7 Å². The highest BCUT2D eigenvalue weighted by atomic mass is 19.1. The van der Waals surface area contributed by atoms with Crippen molar-refractivity contribution in [3.8, 4) is 0 Å². The van der Waals surface area contributed by atoms with Gasteiger partial charge in [0.1, 0.15) is 11.6 Å². The molecule has 150 valence electrons. The summed E-state index contributed by atoms with van der Waals surface area (Å²) in [7, 11) is 0. The first-order chi connectivity index (χ1) is 14.2. The summed E-state index contributed by atoms with van der Waals surface area (Å²) in [5, 5.41) is 0. The van der Waals surface area contributed by atoms with Crippen molar-refractivity contribution in [3.05, 3.63) is 78.2 Å². The molecule has 0 unspecified atom stereocenters. The Morgan fingerprint density at radius 2 is 1.59 bits per heavy atom. The number of para-hydroxylation sites is 1. The second-order valence-corrected chi connectivity index (χ2v) is 7.14. The van der Waals surface area contributed by atoms with Gasteiger partial charge in [-0.1, -0.05) is 42.5 Å². The van der Waals surface area contributed by atoms with Gasteiger partial charge in [-0.2, -0.15) is 4.98 Å². The number of halogens is 1. The molecule has 1 aliphatic rings. The number of benzene rings is 2. The molecule has 6 heteroatoms. The van der Waals surface area contributed by atoms with Crippen LogP contribution in [0.4, 0.5) is 21.8 Å². The largest absolute Gasteiger partial charge is 0.366 e. The fraction of sp³-hybridized carbons (Fsp3) is 0.304. The Kier molecular flexibility index (Phi) is 5.89. The van der Waals surface area contributed by atoms with Crippen LogP contribution in [-0.2, 0) is 6.54 Å². The van der Waals surface area contributed by atoms with Gasteiger partial charge >= 0.3 is 0 Å². The van der Waals surface area contributed by atoms with Crippen LogP contribution in [0, 0.1) is 5.82 Å². The van der Waals surface area contributed by atoms with Crippen molar-refractivity contribution in [3.63, 3.8) is 0 Å². The second kappa shape index (κ2) is 8.90. The first-order valence-electron chi connectivity index (χ1n) is 10.1. The number of hydrogen-bond donors (Lipinski definition) is 0. The first kappa shape index (κ1) is 19.2. The van der Waals surface area contributed by atoms with Gasteiger partial charge in [0.2, 0.25) is 5.95 Å². The molecule has 1 saturated heterocycles. The van der Waals surface area contributed by atoms with Gasteiger partial charge in [0.15, 0.2) is 0 Å². The molecular formula is C23H26FN5. The molecule has 0 bridgehead atoms. The Labute approximate surface area is 171 Å². The van der Waals surface area contributed by atoms with Crippen molar-refractivity contribution >= 4 is 17.5 Å². The maximum Gasteiger partial charge on any atom is 0.227 e. The summed E-state index contributed by atoms with van der Waals surface area (Å²) in [5.74, 6) is 1.50. The predicted octanol–water partition coefficient (Wildman–Crippen LogP) is 3.97. The Morgan fingerprint density at radius 3 is 2.31 bits per heavy atom. The van der Waals surface area contributed by atoms with Crippen LogP contribution in [0.5, 0.6) is 0 Å². The lowest BCUT2D eigenvalue weighted by Gasteiger charge is -2.37. The maximum atomic E-state index is 14.1. The van der Waals surface area contributed by atoms with Gasteiger partial charge in [0, 0.05) is 45.5 Å². The molecule has 0 N–H and O–H groups in total. The van der Waals surface area contributed by atoms with Crippen LogP contribution in [0.25, 0.3) is 0 Å². The Hall–Kier alpha value is -3.15. The minimum Gasteiger partial charge on any atom is -0.366 e. The summed E-state index contributed by atoms with van der Waals surface area (Å²) in [6.07, 6.45) is 1.83. The summed E-state index contributed by atoms with van der Waals surface area (Å²) in [6.45, 7) is 6.86. The molecule has 5 nitrogen and oxygen atoms in total. The van der Waals surface area contributed by atoms with Gasteiger partial charge in [0.05, 0.1) is 5.69 Å². The zero-order chi connectivity index (χ0) is 20.1. The fourth-order valence-corrected chi connectivity index (χ4v) is 3.68. The number of anilines is 3. The van der Waals surface area contributed by atoms with Crippen LogP contribution in [-0.4, -0.2) is 42.7 Å². The van der Waals surface area contributed by atoms with E-state index in [1.54, 1.807) is 6.07 Å². The Bertz CT molecular complexity index is 925. The molecule has 0 saturated carbocycles. The van der Waals surface area contributed by atoms with Gasteiger partial charge in [-0.15, -0.1) is 0 Å². The smallest absolute Gasteiger partial charge is 0.227 e. The highest BCUT2D eigenvalue weighted by Gasteiger charge is 2.21. The van der Waals surface area contributed by atoms with E-state index in [0.29, 0.717) is 5.69 Å². The summed E-state index contributed by atoms with van der Waals surface area (Å²) in [6, 6.07) is 19.3.